The van der Waals surface area contributed by atoms with Gasteiger partial charge in [-0.25, -0.2) is 4.99 Å². The SMILES string of the molecule is COc1ccc(/C(=C2/N=C(c3ccc(C(C)(C)C)cc3)C=C2c2ccc(C(C)(C)C)cc2)c2[nH]c(-c3ccc(C(C)(C)C)cc3)cc2-c2ccc(C(C)(C)C)cc2)cc1. The van der Waals surface area contributed by atoms with E-state index in [1.54, 1.807) is 7.11 Å². The molecule has 0 radical (unpaired) electrons. The van der Waals surface area contributed by atoms with E-state index < -0.39 is 0 Å². The summed E-state index contributed by atoms with van der Waals surface area (Å²) in [7, 11) is 1.72. The molecule has 59 heavy (non-hydrogen) atoms. The van der Waals surface area contributed by atoms with Crippen LogP contribution in [0.1, 0.15) is 128 Å². The van der Waals surface area contributed by atoms with Gasteiger partial charge < -0.3 is 9.72 Å². The standard InChI is InChI=1S/C56H62N2O/c1-53(2,3)41-24-14-36(15-25-41)46-34-48(38-18-28-43(29-19-38)55(7,8)9)57-51(46)50(40-22-32-45(59-13)33-23-40)52-47(37-16-26-42(27-17-37)54(4,5)6)35-49(58-52)39-20-30-44(31-21-39)56(10,11)12/h14-35,57H,1-13H3/b52-50-. The van der Waals surface area contributed by atoms with Crippen LogP contribution in [0.3, 0.4) is 0 Å². The minimum atomic E-state index is 0.0369. The van der Waals surface area contributed by atoms with Crippen LogP contribution in [0.15, 0.2) is 144 Å². The van der Waals surface area contributed by atoms with Gasteiger partial charge in [0.2, 0.25) is 0 Å². The molecular formula is C56H62N2O. The van der Waals surface area contributed by atoms with Crippen LogP contribution < -0.4 is 4.74 Å². The molecule has 0 atom stereocenters. The van der Waals surface area contributed by atoms with Gasteiger partial charge in [0, 0.05) is 28.0 Å². The van der Waals surface area contributed by atoms with Gasteiger partial charge in [0.25, 0.3) is 0 Å². The summed E-state index contributed by atoms with van der Waals surface area (Å²) in [4.78, 5) is 9.63. The molecule has 1 N–H and O–H groups in total. The van der Waals surface area contributed by atoms with Crippen LogP contribution >= 0.6 is 0 Å². The van der Waals surface area contributed by atoms with E-state index in [9.17, 15) is 0 Å². The predicted octanol–water partition coefficient (Wildman–Crippen LogP) is 14.9. The second-order valence-electron chi connectivity index (χ2n) is 20.3. The summed E-state index contributed by atoms with van der Waals surface area (Å²) in [5.41, 5.74) is 18.2. The third-order valence-corrected chi connectivity index (χ3v) is 11.7. The summed E-state index contributed by atoms with van der Waals surface area (Å²) in [5.74, 6) is 0.810. The minimum Gasteiger partial charge on any atom is -0.497 e. The molecule has 0 amide bonds. The number of ether oxygens (including phenoxy) is 1. The molecule has 2 heterocycles. The molecule has 0 fully saturated rings. The zero-order valence-electron chi connectivity index (χ0n) is 37.6. The van der Waals surface area contributed by atoms with Crippen molar-refractivity contribution >= 4 is 16.9 Å². The molecule has 6 aromatic rings. The van der Waals surface area contributed by atoms with Crippen molar-refractivity contribution in [3.05, 3.63) is 184 Å². The summed E-state index contributed by atoms with van der Waals surface area (Å²) in [5, 5.41) is 0. The average Bonchev–Trinajstić information content (AvgIpc) is 3.83. The van der Waals surface area contributed by atoms with Crippen LogP contribution in [-0.2, 0) is 21.7 Å². The largest absolute Gasteiger partial charge is 0.497 e. The Hall–Kier alpha value is -5.67. The summed E-state index contributed by atoms with van der Waals surface area (Å²) < 4.78 is 5.68. The Labute approximate surface area is 354 Å². The van der Waals surface area contributed by atoms with E-state index in [0.29, 0.717) is 0 Å². The van der Waals surface area contributed by atoms with Crippen molar-refractivity contribution < 1.29 is 4.74 Å². The number of methoxy groups -OCH3 is 1. The fourth-order valence-corrected chi connectivity index (χ4v) is 7.76. The molecule has 1 aliphatic rings. The highest BCUT2D eigenvalue weighted by Crippen LogP contribution is 2.44. The molecule has 0 bridgehead atoms. The Morgan fingerprint density at radius 2 is 0.881 bits per heavy atom. The van der Waals surface area contributed by atoms with Crippen molar-refractivity contribution in [1.29, 1.82) is 0 Å². The number of aromatic amines is 1. The zero-order chi connectivity index (χ0) is 42.5. The lowest BCUT2D eigenvalue weighted by atomic mass is 9.85. The van der Waals surface area contributed by atoms with Crippen LogP contribution in [0.5, 0.6) is 5.75 Å². The Morgan fingerprint density at radius 1 is 0.475 bits per heavy atom. The van der Waals surface area contributed by atoms with E-state index in [0.717, 1.165) is 73.1 Å². The maximum atomic E-state index is 5.68. The van der Waals surface area contributed by atoms with Crippen molar-refractivity contribution in [1.82, 2.24) is 4.98 Å². The highest BCUT2D eigenvalue weighted by atomic mass is 16.5. The lowest BCUT2D eigenvalue weighted by Crippen LogP contribution is -2.11. The molecule has 5 aromatic carbocycles. The van der Waals surface area contributed by atoms with Crippen LogP contribution in [0.2, 0.25) is 0 Å². The highest BCUT2D eigenvalue weighted by Gasteiger charge is 2.28. The van der Waals surface area contributed by atoms with E-state index in [1.807, 2.05) is 0 Å². The first-order chi connectivity index (χ1) is 27.7. The number of nitrogens with one attached hydrogen (secondary N) is 1. The van der Waals surface area contributed by atoms with Gasteiger partial charge >= 0.3 is 0 Å². The monoisotopic (exact) mass is 778 g/mol. The number of hydrogen-bond donors (Lipinski definition) is 1. The van der Waals surface area contributed by atoms with Crippen LogP contribution in [-0.4, -0.2) is 17.8 Å². The zero-order valence-corrected chi connectivity index (χ0v) is 37.6. The molecule has 7 rings (SSSR count). The summed E-state index contributed by atoms with van der Waals surface area (Å²) in [6.45, 7) is 27.2. The van der Waals surface area contributed by atoms with Gasteiger partial charge in [0.1, 0.15) is 5.75 Å². The van der Waals surface area contributed by atoms with Crippen LogP contribution in [0, 0.1) is 0 Å². The van der Waals surface area contributed by atoms with E-state index >= 15 is 0 Å². The van der Waals surface area contributed by atoms with E-state index in [4.69, 9.17) is 9.73 Å². The molecule has 0 aliphatic carbocycles. The molecular weight excluding hydrogens is 717 g/mol. The number of rotatable bonds is 7. The van der Waals surface area contributed by atoms with Gasteiger partial charge in [0.15, 0.2) is 0 Å². The number of benzene rings is 5. The van der Waals surface area contributed by atoms with E-state index in [2.05, 4.69) is 222 Å². The first kappa shape index (κ1) is 41.5. The molecule has 1 aliphatic heterocycles. The van der Waals surface area contributed by atoms with Crippen LogP contribution in [0.4, 0.5) is 0 Å². The Bertz CT molecular complexity index is 2530. The average molecular weight is 779 g/mol. The quantitative estimate of drug-likeness (QED) is 0.172. The molecule has 1 aromatic heterocycles. The minimum absolute atomic E-state index is 0.0369. The normalized spacial score (nSPS) is 14.6. The first-order valence-electron chi connectivity index (χ1n) is 21.1. The summed E-state index contributed by atoms with van der Waals surface area (Å²) in [6.07, 6.45) is 2.28. The lowest BCUT2D eigenvalue weighted by molar-refractivity contribution is 0.415. The number of aromatic nitrogens is 1. The molecule has 0 saturated heterocycles. The third-order valence-electron chi connectivity index (χ3n) is 11.7. The summed E-state index contributed by atoms with van der Waals surface area (Å²) >= 11 is 0. The number of H-pyrrole nitrogens is 1. The van der Waals surface area contributed by atoms with Gasteiger partial charge in [-0.15, -0.1) is 0 Å². The fraction of sp³-hybridized carbons (Fsp3) is 0.304. The molecule has 0 unspecified atom stereocenters. The maximum Gasteiger partial charge on any atom is 0.118 e. The van der Waals surface area contributed by atoms with Crippen molar-refractivity contribution in [2.45, 2.75) is 105 Å². The third kappa shape index (κ3) is 8.86. The van der Waals surface area contributed by atoms with Crippen molar-refractivity contribution in [2.24, 2.45) is 4.99 Å². The van der Waals surface area contributed by atoms with Gasteiger partial charge in [-0.1, -0.05) is 192 Å². The van der Waals surface area contributed by atoms with E-state index in [1.165, 1.54) is 22.3 Å². The second kappa shape index (κ2) is 15.5. The molecule has 3 heteroatoms. The maximum absolute atomic E-state index is 5.68. The van der Waals surface area contributed by atoms with Crippen LogP contribution in [0.25, 0.3) is 33.5 Å². The Balaban J connectivity index is 1.53. The molecule has 302 valence electrons. The molecule has 0 saturated carbocycles. The van der Waals surface area contributed by atoms with Gasteiger partial charge in [-0.2, -0.15) is 0 Å². The van der Waals surface area contributed by atoms with Gasteiger partial charge in [-0.3, -0.25) is 0 Å². The summed E-state index contributed by atoms with van der Waals surface area (Å²) in [6, 6.07) is 46.9. The lowest BCUT2D eigenvalue weighted by Gasteiger charge is -2.20. The van der Waals surface area contributed by atoms with Gasteiger partial charge in [0.05, 0.1) is 24.2 Å². The Morgan fingerprint density at radius 3 is 1.31 bits per heavy atom. The Kier molecular flexibility index (Phi) is 10.9. The fourth-order valence-electron chi connectivity index (χ4n) is 7.76. The molecule has 0 spiro atoms. The topological polar surface area (TPSA) is 37.4 Å². The number of hydrogen-bond acceptors (Lipinski definition) is 2. The number of aliphatic imine (C=N–C) groups is 1. The van der Waals surface area contributed by atoms with Crippen molar-refractivity contribution in [3.8, 4) is 28.1 Å². The highest BCUT2D eigenvalue weighted by molar-refractivity contribution is 6.20. The van der Waals surface area contributed by atoms with E-state index in [-0.39, 0.29) is 21.7 Å². The molecule has 3 nitrogen and oxygen atoms in total. The van der Waals surface area contributed by atoms with Gasteiger partial charge in [-0.05, 0) is 90.4 Å². The smallest absolute Gasteiger partial charge is 0.118 e. The van der Waals surface area contributed by atoms with Crippen molar-refractivity contribution in [2.75, 3.05) is 7.11 Å². The number of nitrogens with zero attached hydrogens (tertiary/aromatic N) is 1. The van der Waals surface area contributed by atoms with Crippen molar-refractivity contribution in [3.63, 3.8) is 0 Å². The number of allylic oxidation sites excluding steroid dienone is 2. The predicted molar refractivity (Wildman–Crippen MR) is 253 cm³/mol. The first-order valence-corrected chi connectivity index (χ1v) is 21.1. The second-order valence-corrected chi connectivity index (χ2v) is 20.3.